The summed E-state index contributed by atoms with van der Waals surface area (Å²) >= 11 is 0. The first kappa shape index (κ1) is 20.9. The Morgan fingerprint density at radius 3 is 2.62 bits per heavy atom. The molecule has 7 heteroatoms. The first-order valence-corrected chi connectivity index (χ1v) is 10.9. The summed E-state index contributed by atoms with van der Waals surface area (Å²) in [4.78, 5) is 14.7. The molecule has 1 atom stereocenters. The maximum atomic E-state index is 12.6. The van der Waals surface area contributed by atoms with Crippen LogP contribution >= 0.6 is 0 Å². The molecule has 0 aromatic heterocycles. The fraction of sp³-hybridized carbons (Fsp3) is 0.632. The third kappa shape index (κ3) is 5.79. The number of carbonyl (C=O) groups is 1. The molecule has 1 heterocycles. The minimum Gasteiger partial charge on any atom is -0.352 e. The van der Waals surface area contributed by atoms with Crippen molar-refractivity contribution in [2.24, 2.45) is 5.92 Å². The lowest BCUT2D eigenvalue weighted by molar-refractivity contribution is -0.126. The molecule has 0 saturated carbocycles. The molecule has 1 saturated heterocycles. The maximum absolute atomic E-state index is 12.6. The van der Waals surface area contributed by atoms with Crippen molar-refractivity contribution in [3.05, 3.63) is 35.4 Å². The van der Waals surface area contributed by atoms with Crippen LogP contribution in [0.4, 0.5) is 0 Å². The zero-order chi connectivity index (χ0) is 19.2. The van der Waals surface area contributed by atoms with Gasteiger partial charge in [0.25, 0.3) is 0 Å². The van der Waals surface area contributed by atoms with Crippen LogP contribution < -0.4 is 5.32 Å². The molecule has 26 heavy (non-hydrogen) atoms. The molecule has 0 spiro atoms. The number of amides is 1. The van der Waals surface area contributed by atoms with Gasteiger partial charge in [-0.1, -0.05) is 31.2 Å². The summed E-state index contributed by atoms with van der Waals surface area (Å²) in [5.41, 5.74) is 2.29. The molecule has 146 valence electrons. The van der Waals surface area contributed by atoms with Crippen LogP contribution in [-0.2, 0) is 27.9 Å². The van der Waals surface area contributed by atoms with Gasteiger partial charge in [0.1, 0.15) is 0 Å². The number of nitrogens with one attached hydrogen (secondary N) is 1. The molecule has 0 bridgehead atoms. The summed E-state index contributed by atoms with van der Waals surface area (Å²) in [6.45, 7) is 3.97. The number of hydrogen-bond donors (Lipinski definition) is 1. The molecule has 1 aromatic rings. The van der Waals surface area contributed by atoms with E-state index in [2.05, 4.69) is 16.3 Å². The van der Waals surface area contributed by atoms with Gasteiger partial charge in [-0.25, -0.2) is 12.7 Å². The van der Waals surface area contributed by atoms with Crippen molar-refractivity contribution in [3.8, 4) is 0 Å². The quantitative estimate of drug-likeness (QED) is 0.746. The van der Waals surface area contributed by atoms with Gasteiger partial charge in [0.05, 0.1) is 11.7 Å². The lowest BCUT2D eigenvalue weighted by Gasteiger charge is -2.31. The fourth-order valence-corrected chi connectivity index (χ4v) is 4.94. The van der Waals surface area contributed by atoms with Crippen LogP contribution in [0.2, 0.25) is 0 Å². The predicted octanol–water partition coefficient (Wildman–Crippen LogP) is 1.82. The number of nitrogens with zero attached hydrogens (tertiary/aromatic N) is 2. The molecule has 0 radical (unpaired) electrons. The molecule has 2 rings (SSSR count). The maximum Gasteiger partial charge on any atom is 0.224 e. The zero-order valence-corrected chi connectivity index (χ0v) is 16.9. The first-order chi connectivity index (χ1) is 12.3. The van der Waals surface area contributed by atoms with Gasteiger partial charge in [-0.3, -0.25) is 4.79 Å². The van der Waals surface area contributed by atoms with Gasteiger partial charge in [-0.15, -0.1) is 0 Å². The molecule has 1 fully saturated rings. The van der Waals surface area contributed by atoms with Crippen molar-refractivity contribution in [1.82, 2.24) is 14.5 Å². The number of piperidine rings is 1. The second kappa shape index (κ2) is 9.48. The Bertz CT molecular complexity index is 704. The smallest absolute Gasteiger partial charge is 0.224 e. The molecule has 1 amide bonds. The average molecular weight is 382 g/mol. The monoisotopic (exact) mass is 381 g/mol. The van der Waals surface area contributed by atoms with E-state index in [1.807, 2.05) is 39.2 Å². The predicted molar refractivity (Wildman–Crippen MR) is 104 cm³/mol. The van der Waals surface area contributed by atoms with E-state index < -0.39 is 10.0 Å². The standard InChI is InChI=1S/C19H31N3O3S/c1-4-12-26(24,25)22-11-7-10-18(15-22)19(23)20-13-16-8-5-6-9-17(16)14-21(2)3/h5-6,8-9,18H,4,7,10-15H2,1-3H3,(H,20,23). The van der Waals surface area contributed by atoms with Crippen molar-refractivity contribution < 1.29 is 13.2 Å². The van der Waals surface area contributed by atoms with E-state index in [4.69, 9.17) is 0 Å². The molecule has 1 unspecified atom stereocenters. The summed E-state index contributed by atoms with van der Waals surface area (Å²) in [6, 6.07) is 8.07. The molecule has 1 aliphatic heterocycles. The molecule has 1 aliphatic rings. The van der Waals surface area contributed by atoms with Gasteiger partial charge in [-0.05, 0) is 44.5 Å². The molecular formula is C19H31N3O3S. The fourth-order valence-electron chi connectivity index (χ4n) is 3.35. The Morgan fingerprint density at radius 2 is 1.96 bits per heavy atom. The molecule has 1 aromatic carbocycles. The third-order valence-electron chi connectivity index (χ3n) is 4.67. The Hall–Kier alpha value is -1.44. The highest BCUT2D eigenvalue weighted by Gasteiger charge is 2.31. The topological polar surface area (TPSA) is 69.7 Å². The van der Waals surface area contributed by atoms with Crippen molar-refractivity contribution in [2.75, 3.05) is 32.9 Å². The summed E-state index contributed by atoms with van der Waals surface area (Å²) in [7, 11) is 0.794. The Labute approximate surface area is 157 Å². The molecule has 1 N–H and O–H groups in total. The second-order valence-electron chi connectivity index (χ2n) is 7.24. The number of sulfonamides is 1. The first-order valence-electron chi connectivity index (χ1n) is 9.30. The lowest BCUT2D eigenvalue weighted by atomic mass is 9.98. The molecule has 6 nitrogen and oxygen atoms in total. The van der Waals surface area contributed by atoms with E-state index in [9.17, 15) is 13.2 Å². The van der Waals surface area contributed by atoms with Gasteiger partial charge in [0.15, 0.2) is 0 Å². The minimum absolute atomic E-state index is 0.0546. The van der Waals surface area contributed by atoms with Gasteiger partial charge >= 0.3 is 0 Å². The van der Waals surface area contributed by atoms with Crippen LogP contribution in [-0.4, -0.2) is 56.5 Å². The van der Waals surface area contributed by atoms with Gasteiger partial charge in [0, 0.05) is 26.2 Å². The number of carbonyl (C=O) groups excluding carboxylic acids is 1. The summed E-state index contributed by atoms with van der Waals surface area (Å²) < 4.78 is 26.0. The largest absolute Gasteiger partial charge is 0.352 e. The van der Waals surface area contributed by atoms with E-state index in [-0.39, 0.29) is 17.6 Å². The SMILES string of the molecule is CCCS(=O)(=O)N1CCCC(C(=O)NCc2ccccc2CN(C)C)C1. The van der Waals surface area contributed by atoms with E-state index in [1.54, 1.807) is 0 Å². The Kier molecular flexibility index (Phi) is 7.61. The van der Waals surface area contributed by atoms with Crippen LogP contribution in [0.15, 0.2) is 24.3 Å². The Morgan fingerprint density at radius 1 is 1.27 bits per heavy atom. The van der Waals surface area contributed by atoms with E-state index in [0.717, 1.165) is 24.9 Å². The van der Waals surface area contributed by atoms with Crippen molar-refractivity contribution >= 4 is 15.9 Å². The highest BCUT2D eigenvalue weighted by Crippen LogP contribution is 2.20. The van der Waals surface area contributed by atoms with Crippen molar-refractivity contribution in [2.45, 2.75) is 39.3 Å². The van der Waals surface area contributed by atoms with Crippen LogP contribution in [0.3, 0.4) is 0 Å². The highest BCUT2D eigenvalue weighted by atomic mass is 32.2. The van der Waals surface area contributed by atoms with Gasteiger partial charge in [0.2, 0.25) is 15.9 Å². The zero-order valence-electron chi connectivity index (χ0n) is 16.1. The summed E-state index contributed by atoms with van der Waals surface area (Å²) in [5, 5.41) is 3.01. The van der Waals surface area contributed by atoms with Crippen molar-refractivity contribution in [1.29, 1.82) is 0 Å². The van der Waals surface area contributed by atoms with E-state index >= 15 is 0 Å². The van der Waals surface area contributed by atoms with Gasteiger partial charge < -0.3 is 10.2 Å². The molecule has 0 aliphatic carbocycles. The lowest BCUT2D eigenvalue weighted by Crippen LogP contribution is -2.46. The second-order valence-corrected chi connectivity index (χ2v) is 9.33. The van der Waals surface area contributed by atoms with Crippen molar-refractivity contribution in [3.63, 3.8) is 0 Å². The number of hydrogen-bond acceptors (Lipinski definition) is 4. The highest BCUT2D eigenvalue weighted by molar-refractivity contribution is 7.89. The minimum atomic E-state index is -3.24. The van der Waals surface area contributed by atoms with E-state index in [1.165, 1.54) is 9.87 Å². The van der Waals surface area contributed by atoms with E-state index in [0.29, 0.717) is 26.1 Å². The van der Waals surface area contributed by atoms with Crippen LogP contribution in [0.5, 0.6) is 0 Å². The number of benzene rings is 1. The number of rotatable bonds is 8. The normalized spacial score (nSPS) is 18.8. The van der Waals surface area contributed by atoms with Crippen LogP contribution in [0.25, 0.3) is 0 Å². The Balaban J connectivity index is 1.96. The third-order valence-corrected chi connectivity index (χ3v) is 6.71. The summed E-state index contributed by atoms with van der Waals surface area (Å²) in [6.07, 6.45) is 2.07. The van der Waals surface area contributed by atoms with Gasteiger partial charge in [-0.2, -0.15) is 0 Å². The average Bonchev–Trinajstić information content (AvgIpc) is 2.60. The summed E-state index contributed by atoms with van der Waals surface area (Å²) in [5.74, 6) is -0.170. The van der Waals surface area contributed by atoms with Crippen LogP contribution in [0.1, 0.15) is 37.3 Å². The van der Waals surface area contributed by atoms with Crippen LogP contribution in [0, 0.1) is 5.92 Å². The molecular weight excluding hydrogens is 350 g/mol.